The number of nitrogens with one attached hydrogen (secondary N) is 2. The SMILES string of the molecule is CNc1ncc(C)c(NCc2cc(C)c(F)c(C)c2)n1. The van der Waals surface area contributed by atoms with E-state index < -0.39 is 0 Å². The van der Waals surface area contributed by atoms with Crippen LogP contribution in [0.5, 0.6) is 0 Å². The average molecular weight is 274 g/mol. The fraction of sp³-hybridized carbons (Fsp3) is 0.333. The van der Waals surface area contributed by atoms with Crippen molar-refractivity contribution in [1.29, 1.82) is 0 Å². The van der Waals surface area contributed by atoms with Crippen LogP contribution in [0.2, 0.25) is 0 Å². The lowest BCUT2D eigenvalue weighted by molar-refractivity contribution is 0.608. The molecule has 20 heavy (non-hydrogen) atoms. The number of rotatable bonds is 4. The summed E-state index contributed by atoms with van der Waals surface area (Å²) in [4.78, 5) is 8.50. The molecule has 2 aromatic rings. The molecule has 0 unspecified atom stereocenters. The number of aromatic nitrogens is 2. The minimum absolute atomic E-state index is 0.135. The highest BCUT2D eigenvalue weighted by Crippen LogP contribution is 2.17. The molecule has 2 N–H and O–H groups in total. The predicted octanol–water partition coefficient (Wildman–Crippen LogP) is 3.19. The molecular formula is C15H19FN4. The monoisotopic (exact) mass is 274 g/mol. The molecule has 0 fully saturated rings. The van der Waals surface area contributed by atoms with Gasteiger partial charge in [0.2, 0.25) is 5.95 Å². The first-order valence-corrected chi connectivity index (χ1v) is 6.52. The van der Waals surface area contributed by atoms with Gasteiger partial charge in [-0.25, -0.2) is 9.37 Å². The molecule has 4 nitrogen and oxygen atoms in total. The summed E-state index contributed by atoms with van der Waals surface area (Å²) in [7, 11) is 1.78. The standard InChI is InChI=1S/C15H19FN4/c1-9-5-12(6-10(2)13(9)16)8-18-14-11(3)7-19-15(17-4)20-14/h5-7H,8H2,1-4H3,(H2,17,18,19,20). The quantitative estimate of drug-likeness (QED) is 0.899. The second-order valence-electron chi connectivity index (χ2n) is 4.87. The summed E-state index contributed by atoms with van der Waals surface area (Å²) in [5, 5.41) is 6.17. The lowest BCUT2D eigenvalue weighted by Crippen LogP contribution is -2.07. The van der Waals surface area contributed by atoms with Gasteiger partial charge in [0.05, 0.1) is 0 Å². The third kappa shape index (κ3) is 3.04. The minimum Gasteiger partial charge on any atom is -0.366 e. The van der Waals surface area contributed by atoms with Crippen LogP contribution in [-0.2, 0) is 6.54 Å². The maximum atomic E-state index is 13.6. The second-order valence-corrected chi connectivity index (χ2v) is 4.87. The summed E-state index contributed by atoms with van der Waals surface area (Å²) in [5.41, 5.74) is 3.33. The first-order valence-electron chi connectivity index (χ1n) is 6.52. The molecule has 1 aromatic carbocycles. The van der Waals surface area contributed by atoms with E-state index in [0.717, 1.165) is 16.9 Å². The Morgan fingerprint density at radius 2 is 1.75 bits per heavy atom. The van der Waals surface area contributed by atoms with Crippen molar-refractivity contribution < 1.29 is 4.39 Å². The van der Waals surface area contributed by atoms with Gasteiger partial charge in [-0.15, -0.1) is 0 Å². The minimum atomic E-state index is -0.135. The van der Waals surface area contributed by atoms with E-state index in [0.29, 0.717) is 23.6 Å². The van der Waals surface area contributed by atoms with E-state index in [-0.39, 0.29) is 5.82 Å². The van der Waals surface area contributed by atoms with Crippen molar-refractivity contribution in [1.82, 2.24) is 9.97 Å². The molecule has 0 radical (unpaired) electrons. The highest BCUT2D eigenvalue weighted by Gasteiger charge is 2.06. The third-order valence-electron chi connectivity index (χ3n) is 3.15. The number of benzene rings is 1. The van der Waals surface area contributed by atoms with Crippen LogP contribution >= 0.6 is 0 Å². The number of anilines is 2. The van der Waals surface area contributed by atoms with Crippen LogP contribution in [0.4, 0.5) is 16.2 Å². The molecule has 0 aliphatic heterocycles. The van der Waals surface area contributed by atoms with Gasteiger partial charge in [0.1, 0.15) is 11.6 Å². The summed E-state index contributed by atoms with van der Waals surface area (Å²) >= 11 is 0. The lowest BCUT2D eigenvalue weighted by atomic mass is 10.1. The molecule has 1 aromatic heterocycles. The summed E-state index contributed by atoms with van der Waals surface area (Å²) in [5.74, 6) is 1.22. The fourth-order valence-corrected chi connectivity index (χ4v) is 2.06. The summed E-state index contributed by atoms with van der Waals surface area (Å²) in [6.45, 7) is 6.10. The average Bonchev–Trinajstić information content (AvgIpc) is 2.43. The molecule has 0 spiro atoms. The summed E-state index contributed by atoms with van der Waals surface area (Å²) < 4.78 is 13.6. The van der Waals surface area contributed by atoms with E-state index in [1.807, 2.05) is 19.1 Å². The van der Waals surface area contributed by atoms with Crippen LogP contribution in [0.15, 0.2) is 18.3 Å². The van der Waals surface area contributed by atoms with Gasteiger partial charge in [-0.05, 0) is 37.5 Å². The number of hydrogen-bond acceptors (Lipinski definition) is 4. The molecule has 0 aliphatic rings. The molecule has 1 heterocycles. The van der Waals surface area contributed by atoms with Crippen LogP contribution in [0, 0.1) is 26.6 Å². The van der Waals surface area contributed by atoms with Crippen molar-refractivity contribution in [3.8, 4) is 0 Å². The largest absolute Gasteiger partial charge is 0.366 e. The van der Waals surface area contributed by atoms with E-state index >= 15 is 0 Å². The van der Waals surface area contributed by atoms with Crippen LogP contribution in [0.25, 0.3) is 0 Å². The first kappa shape index (κ1) is 14.2. The molecule has 0 amide bonds. The number of hydrogen-bond donors (Lipinski definition) is 2. The maximum Gasteiger partial charge on any atom is 0.224 e. The van der Waals surface area contributed by atoms with E-state index in [1.54, 1.807) is 27.1 Å². The van der Waals surface area contributed by atoms with Crippen molar-refractivity contribution in [2.45, 2.75) is 27.3 Å². The van der Waals surface area contributed by atoms with Crippen molar-refractivity contribution >= 4 is 11.8 Å². The van der Waals surface area contributed by atoms with Gasteiger partial charge in [-0.1, -0.05) is 12.1 Å². The van der Waals surface area contributed by atoms with Crippen molar-refractivity contribution in [3.05, 3.63) is 46.4 Å². The maximum absolute atomic E-state index is 13.6. The van der Waals surface area contributed by atoms with Gasteiger partial charge in [0, 0.05) is 25.4 Å². The lowest BCUT2D eigenvalue weighted by Gasteiger charge is -2.11. The van der Waals surface area contributed by atoms with Gasteiger partial charge in [-0.2, -0.15) is 4.98 Å². The Morgan fingerprint density at radius 3 is 2.35 bits per heavy atom. The van der Waals surface area contributed by atoms with Crippen molar-refractivity contribution in [2.75, 3.05) is 17.7 Å². The fourth-order valence-electron chi connectivity index (χ4n) is 2.06. The molecule has 5 heteroatoms. The number of nitrogens with zero attached hydrogens (tertiary/aromatic N) is 2. The summed E-state index contributed by atoms with van der Waals surface area (Å²) in [6, 6.07) is 3.70. The first-order chi connectivity index (χ1) is 9.51. The van der Waals surface area contributed by atoms with E-state index in [9.17, 15) is 4.39 Å². The van der Waals surface area contributed by atoms with E-state index in [2.05, 4.69) is 20.6 Å². The Hall–Kier alpha value is -2.17. The molecule has 2 rings (SSSR count). The molecule has 0 bridgehead atoms. The molecule has 0 saturated carbocycles. The van der Waals surface area contributed by atoms with Crippen LogP contribution < -0.4 is 10.6 Å². The van der Waals surface area contributed by atoms with Gasteiger partial charge >= 0.3 is 0 Å². The smallest absolute Gasteiger partial charge is 0.224 e. The molecule has 0 saturated heterocycles. The van der Waals surface area contributed by atoms with Gasteiger partial charge in [-0.3, -0.25) is 0 Å². The van der Waals surface area contributed by atoms with Gasteiger partial charge < -0.3 is 10.6 Å². The molecule has 106 valence electrons. The number of aryl methyl sites for hydroxylation is 3. The Bertz CT molecular complexity index is 602. The van der Waals surface area contributed by atoms with E-state index in [1.165, 1.54) is 0 Å². The van der Waals surface area contributed by atoms with Gasteiger partial charge in [0.15, 0.2) is 0 Å². The van der Waals surface area contributed by atoms with Crippen molar-refractivity contribution in [3.63, 3.8) is 0 Å². The zero-order chi connectivity index (χ0) is 14.7. The molecule has 0 atom stereocenters. The zero-order valence-electron chi connectivity index (χ0n) is 12.2. The van der Waals surface area contributed by atoms with Crippen molar-refractivity contribution in [2.24, 2.45) is 0 Å². The van der Waals surface area contributed by atoms with Crippen LogP contribution in [0.3, 0.4) is 0 Å². The molecule has 0 aliphatic carbocycles. The highest BCUT2D eigenvalue weighted by molar-refractivity contribution is 5.47. The normalized spacial score (nSPS) is 10.4. The second kappa shape index (κ2) is 5.86. The Balaban J connectivity index is 2.16. The molecular weight excluding hydrogens is 255 g/mol. The zero-order valence-corrected chi connectivity index (χ0v) is 12.2. The Labute approximate surface area is 118 Å². The summed E-state index contributed by atoms with van der Waals surface area (Å²) in [6.07, 6.45) is 1.77. The Morgan fingerprint density at radius 1 is 1.10 bits per heavy atom. The van der Waals surface area contributed by atoms with Crippen LogP contribution in [-0.4, -0.2) is 17.0 Å². The third-order valence-corrected chi connectivity index (χ3v) is 3.15. The van der Waals surface area contributed by atoms with E-state index in [4.69, 9.17) is 0 Å². The van der Waals surface area contributed by atoms with Gasteiger partial charge in [0.25, 0.3) is 0 Å². The number of halogens is 1. The highest BCUT2D eigenvalue weighted by atomic mass is 19.1. The topological polar surface area (TPSA) is 49.8 Å². The predicted molar refractivity (Wildman–Crippen MR) is 79.5 cm³/mol. The van der Waals surface area contributed by atoms with Crippen LogP contribution in [0.1, 0.15) is 22.3 Å². The Kier molecular flexibility index (Phi) is 4.17.